The summed E-state index contributed by atoms with van der Waals surface area (Å²) in [6.45, 7) is 13.5. The molecule has 0 aliphatic heterocycles. The van der Waals surface area contributed by atoms with Gasteiger partial charge in [0.1, 0.15) is 35.9 Å². The highest BCUT2D eigenvalue weighted by Crippen LogP contribution is 2.32. The number of esters is 1. The van der Waals surface area contributed by atoms with Gasteiger partial charge in [0.05, 0.1) is 13.5 Å². The maximum Gasteiger partial charge on any atom is 0.407 e. The Labute approximate surface area is 242 Å². The van der Waals surface area contributed by atoms with Crippen LogP contribution >= 0.6 is 0 Å². The van der Waals surface area contributed by atoms with E-state index in [9.17, 15) is 14.7 Å². The molecule has 1 heterocycles. The van der Waals surface area contributed by atoms with Crippen LogP contribution in [0.5, 0.6) is 5.75 Å². The number of allylic oxidation sites excluding steroid dienone is 5. The normalized spacial score (nSPS) is 11.6. The zero-order valence-electron chi connectivity index (χ0n) is 25.0. The van der Waals surface area contributed by atoms with E-state index in [1.807, 2.05) is 95.3 Å². The molecule has 0 bridgehead atoms. The maximum atomic E-state index is 11.7. The molecule has 3 aromatic rings. The summed E-state index contributed by atoms with van der Waals surface area (Å²) in [5, 5.41) is 12.8. The van der Waals surface area contributed by atoms with Gasteiger partial charge in [-0.05, 0) is 70.0 Å². The third-order valence-electron chi connectivity index (χ3n) is 5.47. The highest BCUT2D eigenvalue weighted by atomic mass is 16.6. The van der Waals surface area contributed by atoms with Crippen molar-refractivity contribution in [2.45, 2.75) is 59.9 Å². The molecule has 2 aromatic carbocycles. The second-order valence-corrected chi connectivity index (χ2v) is 10.3. The standard InChI is InChI=1S/C27H28O5.C6H13NO2/c1-5-8-20(11-18(2)3)24-13-19(12-22-14-23(16-28)32-27(22)24)17-31-25-10-7-6-9-21(25)15-26(29)30-4;1-6(2,3)9-5(8)7-4/h5-14,28H,2,15-17H2,1,3-4H3;1-4H3,(H,7,8)/b8-5-,20-11+;. The molecule has 1 amide bonds. The van der Waals surface area contributed by atoms with Gasteiger partial charge in [-0.3, -0.25) is 4.79 Å². The molecule has 8 heteroatoms. The second-order valence-electron chi connectivity index (χ2n) is 10.3. The lowest BCUT2D eigenvalue weighted by Gasteiger charge is -2.18. The fourth-order valence-electron chi connectivity index (χ4n) is 3.81. The molecule has 0 atom stereocenters. The molecular weight excluding hydrogens is 522 g/mol. The van der Waals surface area contributed by atoms with Crippen LogP contribution in [0.1, 0.15) is 57.1 Å². The number of fused-ring (bicyclic) bond motifs is 1. The number of rotatable bonds is 9. The molecule has 2 N–H and O–H groups in total. The van der Waals surface area contributed by atoms with Gasteiger partial charge in [0.15, 0.2) is 0 Å². The number of carbonyl (C=O) groups excluding carboxylic acids is 2. The number of methoxy groups -OCH3 is 1. The van der Waals surface area contributed by atoms with Crippen LogP contribution in [-0.2, 0) is 33.9 Å². The van der Waals surface area contributed by atoms with Gasteiger partial charge < -0.3 is 29.1 Å². The van der Waals surface area contributed by atoms with Crippen LogP contribution in [0.25, 0.3) is 16.5 Å². The van der Waals surface area contributed by atoms with Gasteiger partial charge in [-0.2, -0.15) is 0 Å². The van der Waals surface area contributed by atoms with E-state index >= 15 is 0 Å². The molecule has 8 nitrogen and oxygen atoms in total. The zero-order valence-corrected chi connectivity index (χ0v) is 25.0. The number of para-hydroxylation sites is 1. The molecule has 3 rings (SSSR count). The monoisotopic (exact) mass is 563 g/mol. The third-order valence-corrected chi connectivity index (χ3v) is 5.47. The Morgan fingerprint density at radius 3 is 2.41 bits per heavy atom. The number of furan rings is 1. The lowest BCUT2D eigenvalue weighted by atomic mass is 9.98. The molecule has 220 valence electrons. The van der Waals surface area contributed by atoms with E-state index in [0.29, 0.717) is 23.7 Å². The second kappa shape index (κ2) is 15.5. The van der Waals surface area contributed by atoms with Crippen LogP contribution in [0.3, 0.4) is 0 Å². The van der Waals surface area contributed by atoms with E-state index in [1.165, 1.54) is 14.2 Å². The SMILES string of the molecule is C=C(C)/C=C(\C=C/C)c1cc(COc2ccccc2CC(=O)OC)cc2cc(CO)oc12.CNC(=O)OC(C)(C)C. The van der Waals surface area contributed by atoms with Crippen molar-refractivity contribution in [3.8, 4) is 5.75 Å². The number of aliphatic hydroxyl groups is 1. The highest BCUT2D eigenvalue weighted by Gasteiger charge is 2.15. The maximum absolute atomic E-state index is 11.7. The molecule has 0 saturated heterocycles. The molecule has 0 unspecified atom stereocenters. The number of carbonyl (C=O) groups is 2. The zero-order chi connectivity index (χ0) is 30.6. The molecule has 1 aromatic heterocycles. The van der Waals surface area contributed by atoms with E-state index in [2.05, 4.69) is 11.9 Å². The number of amides is 1. The first-order valence-electron chi connectivity index (χ1n) is 13.3. The van der Waals surface area contributed by atoms with Gasteiger partial charge in [0.2, 0.25) is 0 Å². The number of hydrogen-bond donors (Lipinski definition) is 2. The topological polar surface area (TPSA) is 107 Å². The number of ether oxygens (including phenoxy) is 3. The highest BCUT2D eigenvalue weighted by molar-refractivity contribution is 5.94. The van der Waals surface area contributed by atoms with Crippen molar-refractivity contribution in [3.05, 3.63) is 95.3 Å². The number of aliphatic hydroxyl groups excluding tert-OH is 1. The van der Waals surface area contributed by atoms with Gasteiger partial charge in [-0.25, -0.2) is 4.79 Å². The van der Waals surface area contributed by atoms with Gasteiger partial charge in [-0.15, -0.1) is 0 Å². The van der Waals surface area contributed by atoms with Crippen molar-refractivity contribution in [2.24, 2.45) is 0 Å². The summed E-state index contributed by atoms with van der Waals surface area (Å²) < 4.78 is 21.6. The van der Waals surface area contributed by atoms with Crippen molar-refractivity contribution in [2.75, 3.05) is 14.2 Å². The minimum Gasteiger partial charge on any atom is -0.489 e. The number of benzene rings is 2. The van der Waals surface area contributed by atoms with E-state index < -0.39 is 0 Å². The Bertz CT molecular complexity index is 1410. The predicted molar refractivity (Wildman–Crippen MR) is 162 cm³/mol. The minimum absolute atomic E-state index is 0.144. The van der Waals surface area contributed by atoms with E-state index in [4.69, 9.17) is 18.6 Å². The van der Waals surface area contributed by atoms with Crippen LogP contribution in [0.2, 0.25) is 0 Å². The molecule has 0 radical (unpaired) electrons. The van der Waals surface area contributed by atoms with Crippen molar-refractivity contribution in [1.82, 2.24) is 5.32 Å². The number of alkyl carbamates (subject to hydrolysis) is 1. The first kappa shape index (κ1) is 32.9. The quantitative estimate of drug-likeness (QED) is 0.215. The summed E-state index contributed by atoms with van der Waals surface area (Å²) in [6.07, 6.45) is 5.71. The summed E-state index contributed by atoms with van der Waals surface area (Å²) in [5.41, 5.74) is 4.78. The Kier molecular flexibility index (Phi) is 12.4. The summed E-state index contributed by atoms with van der Waals surface area (Å²) in [4.78, 5) is 22.2. The van der Waals surface area contributed by atoms with Crippen LogP contribution in [-0.4, -0.2) is 36.9 Å². The van der Waals surface area contributed by atoms with E-state index in [-0.39, 0.29) is 30.7 Å². The first-order valence-corrected chi connectivity index (χ1v) is 13.3. The van der Waals surface area contributed by atoms with Crippen molar-refractivity contribution < 1.29 is 33.3 Å². The van der Waals surface area contributed by atoms with E-state index in [1.54, 1.807) is 0 Å². The van der Waals surface area contributed by atoms with Crippen LogP contribution in [0.4, 0.5) is 4.79 Å². The average Bonchev–Trinajstić information content (AvgIpc) is 3.34. The van der Waals surface area contributed by atoms with Gasteiger partial charge in [0.25, 0.3) is 0 Å². The fourth-order valence-corrected chi connectivity index (χ4v) is 3.81. The smallest absolute Gasteiger partial charge is 0.407 e. The third kappa shape index (κ3) is 10.7. The van der Waals surface area contributed by atoms with Gasteiger partial charge in [-0.1, -0.05) is 48.6 Å². The molecule has 0 aliphatic carbocycles. The minimum atomic E-state index is -0.389. The Hall–Kier alpha value is -4.30. The summed E-state index contributed by atoms with van der Waals surface area (Å²) >= 11 is 0. The van der Waals surface area contributed by atoms with Crippen molar-refractivity contribution >= 4 is 28.6 Å². The number of nitrogens with one attached hydrogen (secondary N) is 1. The summed E-state index contributed by atoms with van der Waals surface area (Å²) in [5.74, 6) is 0.812. The molecule has 0 aliphatic rings. The van der Waals surface area contributed by atoms with Gasteiger partial charge in [0, 0.05) is 23.6 Å². The fraction of sp³-hybridized carbons (Fsp3) is 0.333. The molecule has 41 heavy (non-hydrogen) atoms. The average molecular weight is 564 g/mol. The molecule has 0 saturated carbocycles. The lowest BCUT2D eigenvalue weighted by molar-refractivity contribution is -0.139. The Morgan fingerprint density at radius 2 is 1.85 bits per heavy atom. The molecule has 0 fully saturated rings. The van der Waals surface area contributed by atoms with Crippen LogP contribution < -0.4 is 10.1 Å². The van der Waals surface area contributed by atoms with Crippen LogP contribution in [0, 0.1) is 0 Å². The van der Waals surface area contributed by atoms with Crippen molar-refractivity contribution in [3.63, 3.8) is 0 Å². The predicted octanol–water partition coefficient (Wildman–Crippen LogP) is 6.90. The summed E-state index contributed by atoms with van der Waals surface area (Å²) in [6, 6.07) is 13.3. The Balaban J connectivity index is 0.000000564. The summed E-state index contributed by atoms with van der Waals surface area (Å²) in [7, 11) is 2.91. The Morgan fingerprint density at radius 1 is 1.15 bits per heavy atom. The molecular formula is C33H41NO7. The van der Waals surface area contributed by atoms with Crippen LogP contribution in [0.15, 0.2) is 77.3 Å². The van der Waals surface area contributed by atoms with E-state index in [0.717, 1.165) is 33.2 Å². The lowest BCUT2D eigenvalue weighted by Crippen LogP contribution is -2.30. The molecule has 0 spiro atoms. The van der Waals surface area contributed by atoms with Crippen molar-refractivity contribution in [1.29, 1.82) is 0 Å². The largest absolute Gasteiger partial charge is 0.489 e. The number of hydrogen-bond acceptors (Lipinski definition) is 7. The van der Waals surface area contributed by atoms with Gasteiger partial charge >= 0.3 is 12.1 Å². The first-order chi connectivity index (χ1) is 19.4.